The summed E-state index contributed by atoms with van der Waals surface area (Å²) in [5.41, 5.74) is 2.25. The number of nitrogens with zero attached hydrogens (tertiary/aromatic N) is 2. The van der Waals surface area contributed by atoms with Crippen LogP contribution in [-0.4, -0.2) is 17.0 Å². The van der Waals surface area contributed by atoms with Crippen molar-refractivity contribution >= 4 is 17.5 Å². The van der Waals surface area contributed by atoms with Crippen LogP contribution in [0.1, 0.15) is 18.4 Å². The largest absolute Gasteiger partial charge is 0.178 e. The number of rotatable bonds is 1. The van der Waals surface area contributed by atoms with Gasteiger partial charge in [0.25, 0.3) is 0 Å². The first-order valence-corrected chi connectivity index (χ1v) is 6.82. The second-order valence-electron chi connectivity index (χ2n) is 4.31. The molecule has 0 radical (unpaired) electrons. The Kier molecular flexibility index (Phi) is 2.56. The van der Waals surface area contributed by atoms with Crippen LogP contribution in [0.4, 0.5) is 0 Å². The van der Waals surface area contributed by atoms with E-state index in [0.29, 0.717) is 0 Å². The van der Waals surface area contributed by atoms with E-state index in [-0.39, 0.29) is 5.54 Å². The summed E-state index contributed by atoms with van der Waals surface area (Å²) in [6, 6.07) is 10.3. The van der Waals surface area contributed by atoms with Crippen LogP contribution in [0, 0.1) is 0 Å². The van der Waals surface area contributed by atoms with E-state index in [0.717, 1.165) is 18.5 Å². The Morgan fingerprint density at radius 2 is 1.81 bits per heavy atom. The standard InChI is InChI=1S/C13H14N2S/c1-2-4-11(5-3-1)12-10-13(15-14-12)6-8-16-9-7-13/h1-5,10H,6-9H2. The number of benzene rings is 1. The minimum absolute atomic E-state index is 0.0242. The Morgan fingerprint density at radius 3 is 2.56 bits per heavy atom. The van der Waals surface area contributed by atoms with Crippen molar-refractivity contribution in [3.05, 3.63) is 42.0 Å². The lowest BCUT2D eigenvalue weighted by atomic mass is 9.92. The molecule has 3 heteroatoms. The van der Waals surface area contributed by atoms with Crippen molar-refractivity contribution < 1.29 is 0 Å². The Labute approximate surface area is 99.9 Å². The molecule has 0 aromatic heterocycles. The van der Waals surface area contributed by atoms with Gasteiger partial charge in [0, 0.05) is 5.56 Å². The van der Waals surface area contributed by atoms with Crippen LogP contribution in [0.5, 0.6) is 0 Å². The van der Waals surface area contributed by atoms with Gasteiger partial charge in [-0.15, -0.1) is 0 Å². The predicted octanol–water partition coefficient (Wildman–Crippen LogP) is 3.76. The van der Waals surface area contributed by atoms with Gasteiger partial charge >= 0.3 is 0 Å². The molecule has 2 heterocycles. The first-order valence-electron chi connectivity index (χ1n) is 5.67. The molecule has 1 saturated heterocycles. The van der Waals surface area contributed by atoms with E-state index in [1.54, 1.807) is 0 Å². The molecular weight excluding hydrogens is 216 g/mol. The minimum Gasteiger partial charge on any atom is -0.178 e. The third kappa shape index (κ3) is 1.80. The SMILES string of the molecule is C1=C(c2ccccc2)N=NC12CCSCC2. The van der Waals surface area contributed by atoms with Crippen LogP contribution in [0.2, 0.25) is 0 Å². The molecule has 1 fully saturated rings. The van der Waals surface area contributed by atoms with E-state index in [4.69, 9.17) is 0 Å². The average molecular weight is 230 g/mol. The molecule has 82 valence electrons. The Morgan fingerprint density at radius 1 is 1.06 bits per heavy atom. The molecule has 0 atom stereocenters. The van der Waals surface area contributed by atoms with E-state index >= 15 is 0 Å². The van der Waals surface area contributed by atoms with Gasteiger partial charge in [-0.25, -0.2) is 0 Å². The van der Waals surface area contributed by atoms with Crippen LogP contribution in [-0.2, 0) is 0 Å². The summed E-state index contributed by atoms with van der Waals surface area (Å²) in [5, 5.41) is 8.86. The fourth-order valence-corrected chi connectivity index (χ4v) is 3.38. The number of thioether (sulfide) groups is 1. The van der Waals surface area contributed by atoms with Crippen LogP contribution in [0.25, 0.3) is 5.70 Å². The molecule has 1 spiro atoms. The van der Waals surface area contributed by atoms with Crippen LogP contribution < -0.4 is 0 Å². The van der Waals surface area contributed by atoms with Crippen molar-refractivity contribution in [3.8, 4) is 0 Å². The quantitative estimate of drug-likeness (QED) is 0.721. The molecule has 2 nitrogen and oxygen atoms in total. The van der Waals surface area contributed by atoms with Crippen LogP contribution >= 0.6 is 11.8 Å². The molecule has 1 aromatic carbocycles. The van der Waals surface area contributed by atoms with Crippen molar-refractivity contribution in [1.82, 2.24) is 0 Å². The molecule has 1 aromatic rings. The third-order valence-corrected chi connectivity index (χ3v) is 4.18. The molecule has 0 amide bonds. The lowest BCUT2D eigenvalue weighted by molar-refractivity contribution is 0.487. The first kappa shape index (κ1) is 10.1. The summed E-state index contributed by atoms with van der Waals surface area (Å²) in [7, 11) is 0. The summed E-state index contributed by atoms with van der Waals surface area (Å²) in [5.74, 6) is 2.41. The Bertz CT molecular complexity index is 431. The smallest absolute Gasteiger partial charge is 0.104 e. The second kappa shape index (κ2) is 4.06. The maximum Gasteiger partial charge on any atom is 0.104 e. The van der Waals surface area contributed by atoms with Gasteiger partial charge in [-0.2, -0.15) is 22.0 Å². The third-order valence-electron chi connectivity index (χ3n) is 3.19. The molecule has 0 aliphatic carbocycles. The summed E-state index contributed by atoms with van der Waals surface area (Å²) in [6.07, 6.45) is 4.54. The zero-order valence-electron chi connectivity index (χ0n) is 9.10. The van der Waals surface area contributed by atoms with Crippen molar-refractivity contribution in [2.45, 2.75) is 18.4 Å². The van der Waals surface area contributed by atoms with Gasteiger partial charge in [0.1, 0.15) is 5.54 Å². The molecule has 3 rings (SSSR count). The number of azo groups is 1. The van der Waals surface area contributed by atoms with Gasteiger partial charge in [-0.05, 0) is 30.4 Å². The summed E-state index contributed by atoms with van der Waals surface area (Å²) in [4.78, 5) is 0. The average Bonchev–Trinajstić information content (AvgIpc) is 2.75. The van der Waals surface area contributed by atoms with Gasteiger partial charge in [-0.3, -0.25) is 0 Å². The Hall–Kier alpha value is -1.09. The fraction of sp³-hybridized carbons (Fsp3) is 0.385. The predicted molar refractivity (Wildman–Crippen MR) is 68.6 cm³/mol. The van der Waals surface area contributed by atoms with E-state index in [1.807, 2.05) is 30.0 Å². The molecule has 2 aliphatic rings. The van der Waals surface area contributed by atoms with Gasteiger partial charge < -0.3 is 0 Å². The molecule has 0 saturated carbocycles. The minimum atomic E-state index is 0.0242. The summed E-state index contributed by atoms with van der Waals surface area (Å²) in [6.45, 7) is 0. The van der Waals surface area contributed by atoms with E-state index < -0.39 is 0 Å². The highest BCUT2D eigenvalue weighted by atomic mass is 32.2. The van der Waals surface area contributed by atoms with Crippen molar-refractivity contribution in [2.75, 3.05) is 11.5 Å². The summed E-state index contributed by atoms with van der Waals surface area (Å²) >= 11 is 2.02. The number of hydrogen-bond donors (Lipinski definition) is 0. The highest BCUT2D eigenvalue weighted by Gasteiger charge is 2.34. The normalized spacial score (nSPS) is 22.4. The molecule has 0 bridgehead atoms. The monoisotopic (exact) mass is 230 g/mol. The van der Waals surface area contributed by atoms with Gasteiger partial charge in [0.05, 0.1) is 5.70 Å². The lowest BCUT2D eigenvalue weighted by Gasteiger charge is -2.26. The molecular formula is C13H14N2S. The van der Waals surface area contributed by atoms with Crippen molar-refractivity contribution in [3.63, 3.8) is 0 Å². The highest BCUT2D eigenvalue weighted by molar-refractivity contribution is 7.99. The first-order chi connectivity index (χ1) is 7.88. The molecule has 0 N–H and O–H groups in total. The van der Waals surface area contributed by atoms with Crippen LogP contribution in [0.15, 0.2) is 46.6 Å². The number of hydrogen-bond acceptors (Lipinski definition) is 3. The van der Waals surface area contributed by atoms with Gasteiger partial charge in [0.15, 0.2) is 0 Å². The summed E-state index contributed by atoms with van der Waals surface area (Å²) < 4.78 is 0. The lowest BCUT2D eigenvalue weighted by Crippen LogP contribution is -2.27. The maximum absolute atomic E-state index is 4.50. The van der Waals surface area contributed by atoms with Crippen molar-refractivity contribution in [1.29, 1.82) is 0 Å². The molecule has 0 unspecified atom stereocenters. The van der Waals surface area contributed by atoms with Crippen molar-refractivity contribution in [2.24, 2.45) is 10.2 Å². The molecule has 2 aliphatic heterocycles. The zero-order chi connectivity index (χ0) is 10.8. The molecule has 16 heavy (non-hydrogen) atoms. The maximum atomic E-state index is 4.50. The fourth-order valence-electron chi connectivity index (χ4n) is 2.18. The Balaban J connectivity index is 1.90. The van der Waals surface area contributed by atoms with Gasteiger partial charge in [-0.1, -0.05) is 30.3 Å². The topological polar surface area (TPSA) is 24.7 Å². The van der Waals surface area contributed by atoms with E-state index in [9.17, 15) is 0 Å². The van der Waals surface area contributed by atoms with E-state index in [1.165, 1.54) is 17.1 Å². The van der Waals surface area contributed by atoms with E-state index in [2.05, 4.69) is 28.4 Å². The van der Waals surface area contributed by atoms with Crippen LogP contribution in [0.3, 0.4) is 0 Å². The second-order valence-corrected chi connectivity index (χ2v) is 5.54. The van der Waals surface area contributed by atoms with Gasteiger partial charge in [0.2, 0.25) is 0 Å². The highest BCUT2D eigenvalue weighted by Crippen LogP contribution is 2.39. The zero-order valence-corrected chi connectivity index (χ0v) is 9.91.